The molecule has 140 valence electrons. The Balaban J connectivity index is 1.80. The van der Waals surface area contributed by atoms with E-state index in [2.05, 4.69) is 43.1 Å². The Kier molecular flexibility index (Phi) is 3.83. The highest BCUT2D eigenvalue weighted by Crippen LogP contribution is 2.47. The van der Waals surface area contributed by atoms with Crippen LogP contribution in [0.4, 0.5) is 0 Å². The topological polar surface area (TPSA) is 64.0 Å². The molecule has 0 amide bonds. The van der Waals surface area contributed by atoms with Gasteiger partial charge in [-0.25, -0.2) is 4.98 Å². The Morgan fingerprint density at radius 2 is 1.96 bits per heavy atom. The summed E-state index contributed by atoms with van der Waals surface area (Å²) in [5.41, 5.74) is 2.17. The lowest BCUT2D eigenvalue weighted by molar-refractivity contribution is 0.404. The van der Waals surface area contributed by atoms with Crippen molar-refractivity contribution in [2.24, 2.45) is 5.92 Å². The van der Waals surface area contributed by atoms with Crippen molar-refractivity contribution in [1.29, 1.82) is 5.41 Å². The third-order valence-electron chi connectivity index (χ3n) is 5.19. The van der Waals surface area contributed by atoms with E-state index in [-0.39, 0.29) is 5.92 Å². The molecule has 3 heterocycles. The van der Waals surface area contributed by atoms with Crippen molar-refractivity contribution in [3.63, 3.8) is 0 Å². The molecule has 0 aliphatic carbocycles. The van der Waals surface area contributed by atoms with E-state index in [0.29, 0.717) is 17.3 Å². The molecule has 4 aromatic rings. The van der Waals surface area contributed by atoms with Crippen molar-refractivity contribution in [2.45, 2.75) is 26.3 Å². The normalized spacial score (nSPS) is 15.3. The number of rotatable bonds is 3. The minimum Gasteiger partial charge on any atom is -0.468 e. The van der Waals surface area contributed by atoms with E-state index in [1.165, 1.54) is 0 Å². The fraction of sp³-hybridized carbons (Fsp3) is 0.217. The summed E-state index contributed by atoms with van der Waals surface area (Å²) in [7, 11) is 0. The Labute approximate surface area is 162 Å². The lowest BCUT2D eigenvalue weighted by atomic mass is 9.86. The average molecular weight is 371 g/mol. The maximum atomic E-state index is 8.86. The van der Waals surface area contributed by atoms with Crippen LogP contribution >= 0.6 is 0 Å². The van der Waals surface area contributed by atoms with Gasteiger partial charge in [-0.1, -0.05) is 50.2 Å². The van der Waals surface area contributed by atoms with E-state index >= 15 is 0 Å². The van der Waals surface area contributed by atoms with Crippen molar-refractivity contribution >= 4 is 10.8 Å². The van der Waals surface area contributed by atoms with Gasteiger partial charge in [0.05, 0.1) is 17.7 Å². The Morgan fingerprint density at radius 1 is 1.11 bits per heavy atom. The standard InChI is InChI=1S/C23H21N3O2/c1-14(2)12-26-13-25-23-20(22(26)24)19(18-8-5-11-27-18)17-10-9-15-6-3-4-7-16(15)21(17)28-23/h3-11,13-14,19,24H,12H2,1-2H3/t19-/m0/s1. The van der Waals surface area contributed by atoms with Gasteiger partial charge in [-0.05, 0) is 23.4 Å². The number of hydrogen-bond donors (Lipinski definition) is 1. The summed E-state index contributed by atoms with van der Waals surface area (Å²) in [5.74, 6) is 2.25. The predicted molar refractivity (Wildman–Crippen MR) is 107 cm³/mol. The number of benzene rings is 2. The first-order valence-corrected chi connectivity index (χ1v) is 9.50. The van der Waals surface area contributed by atoms with Crippen LogP contribution in [0.2, 0.25) is 0 Å². The summed E-state index contributed by atoms with van der Waals surface area (Å²) in [6.07, 6.45) is 3.38. The van der Waals surface area contributed by atoms with E-state index in [4.69, 9.17) is 14.6 Å². The number of aromatic nitrogens is 2. The molecule has 0 unspecified atom stereocenters. The third kappa shape index (κ3) is 2.54. The summed E-state index contributed by atoms with van der Waals surface area (Å²) in [6, 6.07) is 16.2. The summed E-state index contributed by atoms with van der Waals surface area (Å²) >= 11 is 0. The zero-order valence-corrected chi connectivity index (χ0v) is 15.8. The van der Waals surface area contributed by atoms with Crippen LogP contribution in [0.5, 0.6) is 11.6 Å². The van der Waals surface area contributed by atoms with Crippen LogP contribution in [0, 0.1) is 11.3 Å². The van der Waals surface area contributed by atoms with Crippen molar-refractivity contribution < 1.29 is 9.15 Å². The third-order valence-corrected chi connectivity index (χ3v) is 5.19. The quantitative estimate of drug-likeness (QED) is 0.483. The highest BCUT2D eigenvalue weighted by Gasteiger charge is 2.34. The molecule has 28 heavy (non-hydrogen) atoms. The van der Waals surface area contributed by atoms with E-state index in [1.807, 2.05) is 28.8 Å². The van der Waals surface area contributed by atoms with Crippen LogP contribution < -0.4 is 10.2 Å². The van der Waals surface area contributed by atoms with Crippen LogP contribution in [0.25, 0.3) is 10.8 Å². The average Bonchev–Trinajstić information content (AvgIpc) is 3.22. The number of hydrogen-bond acceptors (Lipinski definition) is 4. The maximum Gasteiger partial charge on any atom is 0.228 e. The largest absolute Gasteiger partial charge is 0.468 e. The van der Waals surface area contributed by atoms with Crippen molar-refractivity contribution in [1.82, 2.24) is 9.55 Å². The number of nitrogens with one attached hydrogen (secondary N) is 1. The van der Waals surface area contributed by atoms with E-state index in [1.54, 1.807) is 12.6 Å². The monoisotopic (exact) mass is 371 g/mol. The Bertz CT molecular complexity index is 1220. The number of ether oxygens (including phenoxy) is 1. The Morgan fingerprint density at radius 3 is 2.75 bits per heavy atom. The molecule has 1 aliphatic rings. The van der Waals surface area contributed by atoms with Gasteiger partial charge in [0.2, 0.25) is 5.88 Å². The lowest BCUT2D eigenvalue weighted by Gasteiger charge is -2.28. The van der Waals surface area contributed by atoms with Gasteiger partial charge in [0.15, 0.2) is 0 Å². The van der Waals surface area contributed by atoms with Crippen molar-refractivity contribution in [2.75, 3.05) is 0 Å². The second-order valence-corrected chi connectivity index (χ2v) is 7.61. The van der Waals surface area contributed by atoms with Crippen LogP contribution in [-0.4, -0.2) is 9.55 Å². The minimum absolute atomic E-state index is 0.224. The van der Waals surface area contributed by atoms with E-state index in [9.17, 15) is 0 Å². The smallest absolute Gasteiger partial charge is 0.228 e. The molecule has 0 saturated carbocycles. The molecule has 5 heteroatoms. The van der Waals surface area contributed by atoms with Gasteiger partial charge in [0.25, 0.3) is 0 Å². The summed E-state index contributed by atoms with van der Waals surface area (Å²) in [6.45, 7) is 5.00. The number of furan rings is 1. The molecular formula is C23H21N3O2. The van der Waals surface area contributed by atoms with Gasteiger partial charge in [0, 0.05) is 17.5 Å². The molecule has 5 nitrogen and oxygen atoms in total. The lowest BCUT2D eigenvalue weighted by Crippen LogP contribution is -2.30. The molecule has 2 aromatic carbocycles. The maximum absolute atomic E-state index is 8.86. The second kappa shape index (κ2) is 6.37. The fourth-order valence-corrected chi connectivity index (χ4v) is 3.98. The first kappa shape index (κ1) is 16.8. The molecule has 0 spiro atoms. The minimum atomic E-state index is -0.224. The van der Waals surface area contributed by atoms with Gasteiger partial charge < -0.3 is 13.7 Å². The zero-order chi connectivity index (χ0) is 19.3. The zero-order valence-electron chi connectivity index (χ0n) is 15.8. The molecule has 2 aromatic heterocycles. The molecule has 0 radical (unpaired) electrons. The van der Waals surface area contributed by atoms with Gasteiger partial charge >= 0.3 is 0 Å². The van der Waals surface area contributed by atoms with Crippen molar-refractivity contribution in [3.05, 3.63) is 83.5 Å². The molecule has 0 saturated heterocycles. The fourth-order valence-electron chi connectivity index (χ4n) is 3.98. The number of nitrogens with zero attached hydrogens (tertiary/aromatic N) is 2. The summed E-state index contributed by atoms with van der Waals surface area (Å²) in [4.78, 5) is 4.58. The van der Waals surface area contributed by atoms with E-state index in [0.717, 1.165) is 40.0 Å². The number of fused-ring (bicyclic) bond motifs is 4. The van der Waals surface area contributed by atoms with E-state index < -0.39 is 0 Å². The molecule has 1 atom stereocenters. The first-order chi connectivity index (χ1) is 13.6. The first-order valence-electron chi connectivity index (χ1n) is 9.50. The molecule has 0 bridgehead atoms. The molecule has 1 aliphatic heterocycles. The van der Waals surface area contributed by atoms with Crippen LogP contribution in [0.3, 0.4) is 0 Å². The highest BCUT2D eigenvalue weighted by molar-refractivity contribution is 5.91. The molecular weight excluding hydrogens is 350 g/mol. The van der Waals surface area contributed by atoms with Gasteiger partial charge in [-0.15, -0.1) is 0 Å². The molecule has 5 rings (SSSR count). The predicted octanol–water partition coefficient (Wildman–Crippen LogP) is 5.05. The second-order valence-electron chi connectivity index (χ2n) is 7.61. The summed E-state index contributed by atoms with van der Waals surface area (Å²) < 4.78 is 14.0. The van der Waals surface area contributed by atoms with Crippen molar-refractivity contribution in [3.8, 4) is 11.6 Å². The van der Waals surface area contributed by atoms with Crippen LogP contribution in [-0.2, 0) is 6.54 Å². The van der Waals surface area contributed by atoms with Gasteiger partial charge in [0.1, 0.15) is 23.3 Å². The summed E-state index contributed by atoms with van der Waals surface area (Å²) in [5, 5.41) is 11.0. The SMILES string of the molecule is CC(C)Cn1cnc2c(c1=N)[C@H](c1ccco1)c1ccc3ccccc3c1O2. The Hall–Kier alpha value is -3.34. The highest BCUT2D eigenvalue weighted by atomic mass is 16.5. The van der Waals surface area contributed by atoms with Gasteiger partial charge in [-0.3, -0.25) is 5.41 Å². The van der Waals surface area contributed by atoms with Crippen LogP contribution in [0.1, 0.15) is 36.7 Å². The van der Waals surface area contributed by atoms with Gasteiger partial charge in [-0.2, -0.15) is 0 Å². The van der Waals surface area contributed by atoms with Crippen LogP contribution in [0.15, 0.2) is 65.5 Å². The molecule has 0 fully saturated rings. The molecule has 1 N–H and O–H groups in total.